The summed E-state index contributed by atoms with van der Waals surface area (Å²) in [4.78, 5) is 12.9. The molecular weight excluding hydrogens is 472 g/mol. The van der Waals surface area contributed by atoms with Crippen molar-refractivity contribution in [3.8, 4) is 5.75 Å². The van der Waals surface area contributed by atoms with E-state index < -0.39 is 10.0 Å². The zero-order chi connectivity index (χ0) is 24.0. The normalized spacial score (nSPS) is 15.1. The van der Waals surface area contributed by atoms with Crippen LogP contribution >= 0.6 is 11.6 Å². The van der Waals surface area contributed by atoms with Gasteiger partial charge >= 0.3 is 0 Å². The fourth-order valence-corrected chi connectivity index (χ4v) is 5.49. The van der Waals surface area contributed by atoms with E-state index in [4.69, 9.17) is 16.3 Å². The maximum atomic E-state index is 12.8. The molecule has 6 nitrogen and oxygen atoms in total. The van der Waals surface area contributed by atoms with Crippen molar-refractivity contribution in [2.45, 2.75) is 30.9 Å². The lowest BCUT2D eigenvalue weighted by Gasteiger charge is -2.30. The molecule has 0 aliphatic carbocycles. The van der Waals surface area contributed by atoms with E-state index in [9.17, 15) is 13.2 Å². The summed E-state index contributed by atoms with van der Waals surface area (Å²) in [7, 11) is -3.58. The number of hydrogen-bond donors (Lipinski definition) is 1. The highest BCUT2D eigenvalue weighted by Crippen LogP contribution is 2.25. The van der Waals surface area contributed by atoms with Gasteiger partial charge in [0, 0.05) is 30.6 Å². The summed E-state index contributed by atoms with van der Waals surface area (Å²) in [6, 6.07) is 23.8. The van der Waals surface area contributed by atoms with E-state index in [2.05, 4.69) is 5.32 Å². The molecule has 0 bridgehead atoms. The Morgan fingerprint density at radius 1 is 0.912 bits per heavy atom. The van der Waals surface area contributed by atoms with Crippen molar-refractivity contribution in [3.63, 3.8) is 0 Å². The molecule has 1 heterocycles. The summed E-state index contributed by atoms with van der Waals surface area (Å²) < 4.78 is 32.9. The van der Waals surface area contributed by atoms with E-state index in [-0.39, 0.29) is 16.7 Å². The van der Waals surface area contributed by atoms with Crippen LogP contribution in [0.3, 0.4) is 0 Å². The Bertz CT molecular complexity index is 1190. The minimum Gasteiger partial charge on any atom is -0.489 e. The first kappa shape index (κ1) is 24.3. The average Bonchev–Trinajstić information content (AvgIpc) is 2.87. The predicted octanol–water partition coefficient (Wildman–Crippen LogP) is 4.64. The summed E-state index contributed by atoms with van der Waals surface area (Å²) in [6.45, 7) is 1.55. The second-order valence-corrected chi connectivity index (χ2v) is 10.6. The molecule has 1 aliphatic rings. The molecule has 3 aromatic rings. The van der Waals surface area contributed by atoms with Gasteiger partial charge in [0.15, 0.2) is 0 Å². The van der Waals surface area contributed by atoms with Gasteiger partial charge in [-0.25, -0.2) is 8.42 Å². The second-order valence-electron chi connectivity index (χ2n) is 8.27. The number of amides is 1. The van der Waals surface area contributed by atoms with Crippen molar-refractivity contribution < 1.29 is 17.9 Å². The Kier molecular flexibility index (Phi) is 7.88. The van der Waals surface area contributed by atoms with Crippen LogP contribution in [0.4, 0.5) is 0 Å². The highest BCUT2D eigenvalue weighted by molar-refractivity contribution is 7.89. The summed E-state index contributed by atoms with van der Waals surface area (Å²) in [5.74, 6) is 0.520. The van der Waals surface area contributed by atoms with E-state index in [1.807, 2.05) is 54.6 Å². The second kappa shape index (κ2) is 11.0. The third-order valence-corrected chi connectivity index (χ3v) is 8.08. The number of ether oxygens (including phenoxy) is 1. The van der Waals surface area contributed by atoms with Gasteiger partial charge in [-0.15, -0.1) is 0 Å². The molecule has 3 aromatic carbocycles. The largest absolute Gasteiger partial charge is 0.489 e. The number of hydrogen-bond acceptors (Lipinski definition) is 4. The van der Waals surface area contributed by atoms with Crippen LogP contribution < -0.4 is 10.1 Å². The fourth-order valence-electron chi connectivity index (χ4n) is 3.89. The van der Waals surface area contributed by atoms with Crippen LogP contribution in [0.1, 0.15) is 24.0 Å². The van der Waals surface area contributed by atoms with E-state index in [0.717, 1.165) is 16.9 Å². The number of benzene rings is 3. The lowest BCUT2D eigenvalue weighted by molar-refractivity contribution is -0.126. The van der Waals surface area contributed by atoms with Crippen molar-refractivity contribution in [1.82, 2.24) is 9.62 Å². The van der Waals surface area contributed by atoms with Crippen LogP contribution in [0.15, 0.2) is 83.8 Å². The zero-order valence-corrected chi connectivity index (χ0v) is 20.3. The van der Waals surface area contributed by atoms with Crippen molar-refractivity contribution >= 4 is 27.5 Å². The quantitative estimate of drug-likeness (QED) is 0.491. The summed E-state index contributed by atoms with van der Waals surface area (Å²) in [5, 5.41) is 3.46. The molecule has 178 valence electrons. The Hall–Kier alpha value is -2.87. The molecule has 0 unspecified atom stereocenters. The van der Waals surface area contributed by atoms with Crippen molar-refractivity contribution in [3.05, 3.63) is 95.0 Å². The molecule has 1 aliphatic heterocycles. The smallest absolute Gasteiger partial charge is 0.243 e. The van der Waals surface area contributed by atoms with Gasteiger partial charge in [-0.05, 0) is 60.4 Å². The minimum atomic E-state index is -3.58. The van der Waals surface area contributed by atoms with Gasteiger partial charge < -0.3 is 10.1 Å². The van der Waals surface area contributed by atoms with E-state index >= 15 is 0 Å². The standard InChI is InChI=1S/C26H27ClN2O4S/c27-23-8-12-25(13-9-23)34(31,32)29-16-14-22(15-17-29)26(30)28-18-20-6-10-24(11-7-20)33-19-21-4-2-1-3-5-21/h1-13,22H,14-19H2,(H,28,30). The van der Waals surface area contributed by atoms with Crippen LogP contribution in [-0.4, -0.2) is 31.7 Å². The first-order valence-corrected chi connectivity index (χ1v) is 13.0. The molecule has 1 N–H and O–H groups in total. The maximum Gasteiger partial charge on any atom is 0.243 e. The van der Waals surface area contributed by atoms with E-state index in [1.54, 1.807) is 12.1 Å². The molecule has 1 amide bonds. The summed E-state index contributed by atoms with van der Waals surface area (Å²) in [6.07, 6.45) is 0.982. The van der Waals surface area contributed by atoms with Gasteiger partial charge in [-0.2, -0.15) is 4.31 Å². The van der Waals surface area contributed by atoms with Crippen LogP contribution in [-0.2, 0) is 28.0 Å². The van der Waals surface area contributed by atoms with E-state index in [1.165, 1.54) is 16.4 Å². The van der Waals surface area contributed by atoms with Crippen LogP contribution in [0.5, 0.6) is 5.75 Å². The molecule has 0 radical (unpaired) electrons. The van der Waals surface area contributed by atoms with Crippen molar-refractivity contribution in [2.24, 2.45) is 5.92 Å². The number of rotatable bonds is 8. The van der Waals surface area contributed by atoms with Gasteiger partial charge in [-0.3, -0.25) is 4.79 Å². The fraction of sp³-hybridized carbons (Fsp3) is 0.269. The van der Waals surface area contributed by atoms with Crippen LogP contribution in [0.2, 0.25) is 5.02 Å². The van der Waals surface area contributed by atoms with Gasteiger partial charge in [0.05, 0.1) is 4.90 Å². The van der Waals surface area contributed by atoms with Crippen LogP contribution in [0, 0.1) is 5.92 Å². The monoisotopic (exact) mass is 498 g/mol. The number of nitrogens with zero attached hydrogens (tertiary/aromatic N) is 1. The lowest BCUT2D eigenvalue weighted by atomic mass is 9.97. The third-order valence-electron chi connectivity index (χ3n) is 5.91. The van der Waals surface area contributed by atoms with E-state index in [0.29, 0.717) is 44.1 Å². The molecule has 0 saturated carbocycles. The first-order valence-electron chi connectivity index (χ1n) is 11.2. The number of nitrogens with one attached hydrogen (secondary N) is 1. The van der Waals surface area contributed by atoms with Gasteiger partial charge in [0.25, 0.3) is 0 Å². The summed E-state index contributed by atoms with van der Waals surface area (Å²) in [5.41, 5.74) is 2.08. The Labute approximate surface area is 205 Å². The van der Waals surface area contributed by atoms with Crippen molar-refractivity contribution in [1.29, 1.82) is 0 Å². The Balaban J connectivity index is 1.23. The highest BCUT2D eigenvalue weighted by Gasteiger charge is 2.32. The molecule has 1 saturated heterocycles. The molecular formula is C26H27ClN2O4S. The Morgan fingerprint density at radius 3 is 2.21 bits per heavy atom. The van der Waals surface area contributed by atoms with Gasteiger partial charge in [0.2, 0.25) is 15.9 Å². The highest BCUT2D eigenvalue weighted by atomic mass is 35.5. The summed E-state index contributed by atoms with van der Waals surface area (Å²) >= 11 is 5.86. The topological polar surface area (TPSA) is 75.7 Å². The lowest BCUT2D eigenvalue weighted by Crippen LogP contribution is -2.42. The van der Waals surface area contributed by atoms with Crippen LogP contribution in [0.25, 0.3) is 0 Å². The average molecular weight is 499 g/mol. The number of halogens is 1. The minimum absolute atomic E-state index is 0.0482. The number of carbonyl (C=O) groups is 1. The Morgan fingerprint density at radius 2 is 1.56 bits per heavy atom. The third kappa shape index (κ3) is 6.17. The SMILES string of the molecule is O=C(NCc1ccc(OCc2ccccc2)cc1)C1CCN(S(=O)(=O)c2ccc(Cl)cc2)CC1. The zero-order valence-electron chi connectivity index (χ0n) is 18.7. The molecule has 4 rings (SSSR count). The van der Waals surface area contributed by atoms with Gasteiger partial charge in [-0.1, -0.05) is 54.1 Å². The molecule has 8 heteroatoms. The molecule has 0 atom stereocenters. The predicted molar refractivity (Wildman–Crippen MR) is 132 cm³/mol. The van der Waals surface area contributed by atoms with Crippen molar-refractivity contribution in [2.75, 3.05) is 13.1 Å². The first-order chi connectivity index (χ1) is 16.4. The molecule has 0 spiro atoms. The molecule has 0 aromatic heterocycles. The number of sulfonamides is 1. The van der Waals surface area contributed by atoms with Gasteiger partial charge in [0.1, 0.15) is 12.4 Å². The number of carbonyl (C=O) groups excluding carboxylic acids is 1. The molecule has 34 heavy (non-hydrogen) atoms. The molecule has 1 fully saturated rings. The maximum absolute atomic E-state index is 12.8. The number of piperidine rings is 1.